The number of benzene rings is 1. The van der Waals surface area contributed by atoms with Gasteiger partial charge in [-0.2, -0.15) is 0 Å². The van der Waals surface area contributed by atoms with Gasteiger partial charge in [-0.3, -0.25) is 0 Å². The minimum Gasteiger partial charge on any atom is -0.488 e. The third kappa shape index (κ3) is 1.95. The molecule has 14 heavy (non-hydrogen) atoms. The first kappa shape index (κ1) is 9.24. The summed E-state index contributed by atoms with van der Waals surface area (Å²) in [6.07, 6.45) is -1.43. The molecule has 2 nitrogen and oxygen atoms in total. The zero-order chi connectivity index (χ0) is 9.97. The average Bonchev–Trinajstić information content (AvgIpc) is 2.61. The average molecular weight is 199 g/mol. The van der Waals surface area contributed by atoms with Crippen LogP contribution in [0, 0.1) is 0 Å². The monoisotopic (exact) mass is 199 g/mol. The second-order valence-electron chi connectivity index (χ2n) is 3.20. The zero-order valence-electron chi connectivity index (χ0n) is 7.59. The van der Waals surface area contributed by atoms with Crippen molar-refractivity contribution in [3.8, 4) is 5.75 Å². The number of hydrogen-bond acceptors (Lipinski definition) is 2. The van der Waals surface area contributed by atoms with Crippen LogP contribution in [0.5, 0.6) is 5.75 Å². The number of halogens is 2. The van der Waals surface area contributed by atoms with Crippen LogP contribution in [-0.4, -0.2) is 19.6 Å². The first-order valence-corrected chi connectivity index (χ1v) is 4.53. The number of nitrogens with one attached hydrogen (secondary N) is 1. The summed E-state index contributed by atoms with van der Waals surface area (Å²) in [6.45, 7) is 0.367. The molecule has 2 rings (SSSR count). The molecule has 0 bridgehead atoms. The molecule has 0 aromatic heterocycles. The molecule has 0 fully saturated rings. The Morgan fingerprint density at radius 2 is 2.29 bits per heavy atom. The lowest BCUT2D eigenvalue weighted by Crippen LogP contribution is -2.06. The van der Waals surface area contributed by atoms with E-state index < -0.39 is 13.0 Å². The molecule has 0 unspecified atom stereocenters. The Hall–Kier alpha value is -1.32. The summed E-state index contributed by atoms with van der Waals surface area (Å²) in [4.78, 5) is 0. The van der Waals surface area contributed by atoms with E-state index in [4.69, 9.17) is 4.74 Å². The van der Waals surface area contributed by atoms with Crippen LogP contribution in [0.4, 0.5) is 14.5 Å². The van der Waals surface area contributed by atoms with Gasteiger partial charge in [0.1, 0.15) is 12.4 Å². The first-order valence-electron chi connectivity index (χ1n) is 4.53. The Labute approximate surface area is 80.9 Å². The van der Waals surface area contributed by atoms with Crippen LogP contribution >= 0.6 is 0 Å². The van der Waals surface area contributed by atoms with Gasteiger partial charge in [0.2, 0.25) is 0 Å². The molecule has 1 N–H and O–H groups in total. The van der Waals surface area contributed by atoms with E-state index in [-0.39, 0.29) is 0 Å². The first-order chi connectivity index (χ1) is 6.75. The van der Waals surface area contributed by atoms with Gasteiger partial charge in [-0.15, -0.1) is 0 Å². The molecule has 0 radical (unpaired) electrons. The highest BCUT2D eigenvalue weighted by Crippen LogP contribution is 2.26. The third-order valence-electron chi connectivity index (χ3n) is 2.17. The van der Waals surface area contributed by atoms with Gasteiger partial charge in [-0.25, -0.2) is 8.78 Å². The van der Waals surface area contributed by atoms with Gasteiger partial charge in [-0.1, -0.05) is 6.07 Å². The summed E-state index contributed by atoms with van der Waals surface area (Å²) < 4.78 is 28.6. The van der Waals surface area contributed by atoms with Crippen molar-refractivity contribution in [1.82, 2.24) is 0 Å². The highest BCUT2D eigenvalue weighted by atomic mass is 19.3. The van der Waals surface area contributed by atoms with Crippen molar-refractivity contribution in [2.24, 2.45) is 0 Å². The minimum atomic E-state index is -2.42. The van der Waals surface area contributed by atoms with E-state index in [0.29, 0.717) is 5.75 Å². The standard InChI is InChI=1S/C10H11F2NO/c11-10(12)6-14-8-2-1-7-3-4-13-9(7)5-8/h1-2,5,10,13H,3-4,6H2. The molecule has 0 spiro atoms. The molecule has 0 saturated heterocycles. The van der Waals surface area contributed by atoms with Crippen LogP contribution in [0.25, 0.3) is 0 Å². The normalized spacial score (nSPS) is 13.9. The van der Waals surface area contributed by atoms with Gasteiger partial charge in [0.25, 0.3) is 6.43 Å². The molecule has 0 aliphatic carbocycles. The van der Waals surface area contributed by atoms with Crippen LogP contribution in [-0.2, 0) is 6.42 Å². The maximum absolute atomic E-state index is 11.9. The second-order valence-corrected chi connectivity index (χ2v) is 3.20. The number of anilines is 1. The highest BCUT2D eigenvalue weighted by molar-refractivity contribution is 5.58. The zero-order valence-corrected chi connectivity index (χ0v) is 7.59. The van der Waals surface area contributed by atoms with Gasteiger partial charge in [0.05, 0.1) is 0 Å². The predicted molar refractivity (Wildman–Crippen MR) is 50.1 cm³/mol. The van der Waals surface area contributed by atoms with Crippen LogP contribution in [0.1, 0.15) is 5.56 Å². The quantitative estimate of drug-likeness (QED) is 0.806. The Bertz CT molecular complexity index is 328. The summed E-state index contributed by atoms with van der Waals surface area (Å²) in [5.41, 5.74) is 2.21. The summed E-state index contributed by atoms with van der Waals surface area (Å²) in [7, 11) is 0. The molecule has 1 aromatic carbocycles. The lowest BCUT2D eigenvalue weighted by atomic mass is 10.1. The second kappa shape index (κ2) is 3.82. The van der Waals surface area contributed by atoms with Crippen molar-refractivity contribution in [2.45, 2.75) is 12.8 Å². The summed E-state index contributed by atoms with van der Waals surface area (Å²) in [5, 5.41) is 3.16. The highest BCUT2D eigenvalue weighted by Gasteiger charge is 2.11. The Kier molecular flexibility index (Phi) is 2.52. The van der Waals surface area contributed by atoms with E-state index in [1.807, 2.05) is 6.07 Å². The van der Waals surface area contributed by atoms with Crippen molar-refractivity contribution in [3.63, 3.8) is 0 Å². The van der Waals surface area contributed by atoms with Gasteiger partial charge in [0, 0.05) is 18.3 Å². The van der Waals surface area contributed by atoms with Crippen molar-refractivity contribution in [1.29, 1.82) is 0 Å². The summed E-state index contributed by atoms with van der Waals surface area (Å²) in [5.74, 6) is 0.499. The summed E-state index contributed by atoms with van der Waals surface area (Å²) >= 11 is 0. The van der Waals surface area contributed by atoms with Gasteiger partial charge < -0.3 is 10.1 Å². The largest absolute Gasteiger partial charge is 0.488 e. The van der Waals surface area contributed by atoms with Crippen LogP contribution in [0.3, 0.4) is 0 Å². The van der Waals surface area contributed by atoms with E-state index in [9.17, 15) is 8.78 Å². The van der Waals surface area contributed by atoms with E-state index in [1.54, 1.807) is 12.1 Å². The molecule has 76 valence electrons. The van der Waals surface area contributed by atoms with E-state index in [0.717, 1.165) is 18.7 Å². The molecular weight excluding hydrogens is 188 g/mol. The molecule has 4 heteroatoms. The van der Waals surface area contributed by atoms with Crippen LogP contribution in [0.15, 0.2) is 18.2 Å². The molecule has 1 aliphatic rings. The number of alkyl halides is 2. The lowest BCUT2D eigenvalue weighted by Gasteiger charge is -2.07. The van der Waals surface area contributed by atoms with Gasteiger partial charge in [-0.05, 0) is 18.1 Å². The lowest BCUT2D eigenvalue weighted by molar-refractivity contribution is 0.0819. The SMILES string of the molecule is FC(F)COc1ccc2c(c1)NCC2. The Morgan fingerprint density at radius 3 is 3.07 bits per heavy atom. The molecule has 1 heterocycles. The maximum atomic E-state index is 11.9. The molecule has 1 aliphatic heterocycles. The maximum Gasteiger partial charge on any atom is 0.272 e. The van der Waals surface area contributed by atoms with Crippen molar-refractivity contribution >= 4 is 5.69 Å². The number of ether oxygens (including phenoxy) is 1. The Morgan fingerprint density at radius 1 is 1.43 bits per heavy atom. The number of rotatable bonds is 3. The summed E-state index contributed by atoms with van der Waals surface area (Å²) in [6, 6.07) is 5.41. The molecule has 1 aromatic rings. The fraction of sp³-hybridized carbons (Fsp3) is 0.400. The van der Waals surface area contributed by atoms with E-state index in [1.165, 1.54) is 5.56 Å². The fourth-order valence-electron chi connectivity index (χ4n) is 1.52. The van der Waals surface area contributed by atoms with Crippen molar-refractivity contribution in [2.75, 3.05) is 18.5 Å². The topological polar surface area (TPSA) is 21.3 Å². The van der Waals surface area contributed by atoms with Gasteiger partial charge >= 0.3 is 0 Å². The van der Waals surface area contributed by atoms with Crippen molar-refractivity contribution in [3.05, 3.63) is 23.8 Å². The fourth-order valence-corrected chi connectivity index (χ4v) is 1.52. The number of fused-ring (bicyclic) bond motifs is 1. The van der Waals surface area contributed by atoms with E-state index in [2.05, 4.69) is 5.32 Å². The van der Waals surface area contributed by atoms with Crippen molar-refractivity contribution < 1.29 is 13.5 Å². The smallest absolute Gasteiger partial charge is 0.272 e. The molecule has 0 atom stereocenters. The molecule has 0 amide bonds. The predicted octanol–water partition coefficient (Wildman–Crippen LogP) is 2.30. The Balaban J connectivity index is 2.05. The third-order valence-corrected chi connectivity index (χ3v) is 2.17. The van der Waals surface area contributed by atoms with Gasteiger partial charge in [0.15, 0.2) is 0 Å². The number of hydrogen-bond donors (Lipinski definition) is 1. The molecule has 0 saturated carbocycles. The van der Waals surface area contributed by atoms with Crippen LogP contribution in [0.2, 0.25) is 0 Å². The molecular formula is C10H11F2NO. The van der Waals surface area contributed by atoms with E-state index >= 15 is 0 Å². The minimum absolute atomic E-state index is 0.499. The van der Waals surface area contributed by atoms with Crippen LogP contribution < -0.4 is 10.1 Å².